The zero-order chi connectivity index (χ0) is 18.5. The molecule has 2 aromatic rings. The topological polar surface area (TPSA) is 81.1 Å². The quantitative estimate of drug-likeness (QED) is 0.782. The minimum Gasteiger partial charge on any atom is -0.491 e. The monoisotopic (exact) mass is 397 g/mol. The first-order valence-corrected chi connectivity index (χ1v) is 8.96. The first-order chi connectivity index (χ1) is 12.6. The zero-order valence-electron chi connectivity index (χ0n) is 15.5. The Labute approximate surface area is 164 Å². The molecular weight excluding hydrogens is 373 g/mol. The van der Waals surface area contributed by atoms with Crippen molar-refractivity contribution in [1.82, 2.24) is 20.3 Å². The van der Waals surface area contributed by atoms with Gasteiger partial charge in [-0.1, -0.05) is 12.1 Å². The molecule has 9 heteroatoms. The lowest BCUT2D eigenvalue weighted by atomic mass is 10.1. The molecule has 1 aliphatic heterocycles. The molecule has 1 aromatic heterocycles. The second-order valence-corrected chi connectivity index (χ2v) is 6.39. The van der Waals surface area contributed by atoms with Gasteiger partial charge in [-0.3, -0.25) is 4.79 Å². The SMILES string of the molecule is CCCOc1cc(F)ccc1NC(=O)c1nnn(C2CCNCC2)c1C.Cl. The molecule has 7 nitrogen and oxygen atoms in total. The second kappa shape index (κ2) is 9.66. The first kappa shape index (κ1) is 21.1. The van der Waals surface area contributed by atoms with E-state index in [1.54, 1.807) is 0 Å². The summed E-state index contributed by atoms with van der Waals surface area (Å²) in [6.07, 6.45) is 2.70. The second-order valence-electron chi connectivity index (χ2n) is 6.39. The lowest BCUT2D eigenvalue weighted by Gasteiger charge is -2.23. The van der Waals surface area contributed by atoms with Crippen LogP contribution >= 0.6 is 12.4 Å². The van der Waals surface area contributed by atoms with Crippen LogP contribution in [0.15, 0.2) is 18.2 Å². The molecule has 0 aliphatic carbocycles. The van der Waals surface area contributed by atoms with Crippen LogP contribution in [0, 0.1) is 12.7 Å². The molecular formula is C18H25ClFN5O2. The Hall–Kier alpha value is -2.19. The van der Waals surface area contributed by atoms with E-state index in [0.29, 0.717) is 18.0 Å². The summed E-state index contributed by atoms with van der Waals surface area (Å²) in [4.78, 5) is 12.7. The predicted molar refractivity (Wildman–Crippen MR) is 103 cm³/mol. The maximum atomic E-state index is 13.5. The summed E-state index contributed by atoms with van der Waals surface area (Å²) in [5, 5.41) is 14.3. The van der Waals surface area contributed by atoms with Gasteiger partial charge in [0.15, 0.2) is 5.69 Å². The average molecular weight is 398 g/mol. The summed E-state index contributed by atoms with van der Waals surface area (Å²) in [5.74, 6) is -0.485. The minimum atomic E-state index is -0.415. The van der Waals surface area contributed by atoms with Crippen molar-refractivity contribution in [2.45, 2.75) is 39.2 Å². The van der Waals surface area contributed by atoms with Crippen molar-refractivity contribution in [3.63, 3.8) is 0 Å². The number of anilines is 1. The number of carbonyl (C=O) groups is 1. The van der Waals surface area contributed by atoms with Crippen molar-refractivity contribution in [3.05, 3.63) is 35.4 Å². The van der Waals surface area contributed by atoms with E-state index >= 15 is 0 Å². The predicted octanol–water partition coefficient (Wildman–Crippen LogP) is 3.11. The average Bonchev–Trinajstić information content (AvgIpc) is 3.04. The van der Waals surface area contributed by atoms with E-state index in [-0.39, 0.29) is 30.0 Å². The van der Waals surface area contributed by atoms with Crippen LogP contribution in [0.5, 0.6) is 5.75 Å². The highest BCUT2D eigenvalue weighted by Gasteiger charge is 2.23. The van der Waals surface area contributed by atoms with Gasteiger partial charge in [0, 0.05) is 6.07 Å². The van der Waals surface area contributed by atoms with Gasteiger partial charge >= 0.3 is 0 Å². The van der Waals surface area contributed by atoms with Gasteiger partial charge in [-0.15, -0.1) is 17.5 Å². The first-order valence-electron chi connectivity index (χ1n) is 8.96. The third-order valence-electron chi connectivity index (χ3n) is 4.45. The molecule has 3 rings (SSSR count). The number of hydrogen-bond acceptors (Lipinski definition) is 5. The highest BCUT2D eigenvalue weighted by Crippen LogP contribution is 2.27. The molecule has 1 aliphatic rings. The summed E-state index contributed by atoms with van der Waals surface area (Å²) < 4.78 is 20.8. The highest BCUT2D eigenvalue weighted by atomic mass is 35.5. The lowest BCUT2D eigenvalue weighted by molar-refractivity contribution is 0.102. The van der Waals surface area contributed by atoms with Crippen molar-refractivity contribution in [2.75, 3.05) is 25.0 Å². The normalized spacial score (nSPS) is 14.5. The molecule has 0 radical (unpaired) electrons. The summed E-state index contributed by atoms with van der Waals surface area (Å²) in [6, 6.07) is 4.29. The Morgan fingerprint density at radius 2 is 2.15 bits per heavy atom. The number of rotatable bonds is 6. The van der Waals surface area contributed by atoms with E-state index in [9.17, 15) is 9.18 Å². The van der Waals surface area contributed by atoms with E-state index in [4.69, 9.17) is 4.74 Å². The largest absolute Gasteiger partial charge is 0.491 e. The molecule has 0 saturated carbocycles. The Balaban J connectivity index is 0.00000261. The number of hydrogen-bond donors (Lipinski definition) is 2. The van der Waals surface area contributed by atoms with Crippen LogP contribution < -0.4 is 15.4 Å². The smallest absolute Gasteiger partial charge is 0.278 e. The van der Waals surface area contributed by atoms with E-state index in [0.717, 1.165) is 38.0 Å². The van der Waals surface area contributed by atoms with Gasteiger partial charge in [0.1, 0.15) is 11.6 Å². The van der Waals surface area contributed by atoms with Crippen LogP contribution in [0.25, 0.3) is 0 Å². The maximum absolute atomic E-state index is 13.5. The number of benzene rings is 1. The fraction of sp³-hybridized carbons (Fsp3) is 0.500. The van der Waals surface area contributed by atoms with Crippen molar-refractivity contribution >= 4 is 24.0 Å². The molecule has 27 heavy (non-hydrogen) atoms. The van der Waals surface area contributed by atoms with E-state index in [2.05, 4.69) is 20.9 Å². The van der Waals surface area contributed by atoms with Gasteiger partial charge in [-0.25, -0.2) is 9.07 Å². The Morgan fingerprint density at radius 3 is 2.85 bits per heavy atom. The van der Waals surface area contributed by atoms with Crippen LogP contribution in [-0.2, 0) is 0 Å². The number of piperidine rings is 1. The molecule has 148 valence electrons. The number of nitrogens with one attached hydrogen (secondary N) is 2. The number of ether oxygens (including phenoxy) is 1. The van der Waals surface area contributed by atoms with Gasteiger partial charge in [0.25, 0.3) is 5.91 Å². The third kappa shape index (κ3) is 4.95. The number of nitrogens with zero attached hydrogens (tertiary/aromatic N) is 3. The van der Waals surface area contributed by atoms with Gasteiger partial charge in [0.05, 0.1) is 24.0 Å². The molecule has 2 heterocycles. The van der Waals surface area contributed by atoms with Crippen molar-refractivity contribution in [1.29, 1.82) is 0 Å². The fourth-order valence-electron chi connectivity index (χ4n) is 3.06. The Kier molecular flexibility index (Phi) is 7.55. The molecule has 0 bridgehead atoms. The van der Waals surface area contributed by atoms with Gasteiger partial charge in [-0.2, -0.15) is 0 Å². The minimum absolute atomic E-state index is 0. The molecule has 1 amide bonds. The van der Waals surface area contributed by atoms with Crippen LogP contribution in [0.3, 0.4) is 0 Å². The lowest BCUT2D eigenvalue weighted by Crippen LogP contribution is -2.30. The summed E-state index contributed by atoms with van der Waals surface area (Å²) in [5.41, 5.74) is 1.42. The van der Waals surface area contributed by atoms with Crippen molar-refractivity contribution in [3.8, 4) is 5.75 Å². The number of aromatic nitrogens is 3. The standard InChI is InChI=1S/C18H24FN5O2.ClH/c1-3-10-26-16-11-13(19)4-5-15(16)21-18(25)17-12(2)24(23-22-17)14-6-8-20-9-7-14;/h4-5,11,14,20H,3,6-10H2,1-2H3,(H,21,25);1H. The van der Waals surface area contributed by atoms with E-state index < -0.39 is 5.82 Å². The molecule has 1 aromatic carbocycles. The number of carbonyl (C=O) groups excluding carboxylic acids is 1. The summed E-state index contributed by atoms with van der Waals surface area (Å²) in [7, 11) is 0. The van der Waals surface area contributed by atoms with E-state index in [1.165, 1.54) is 18.2 Å². The molecule has 1 saturated heterocycles. The summed E-state index contributed by atoms with van der Waals surface area (Å²) in [6.45, 7) is 6.10. The number of halogens is 2. The molecule has 0 unspecified atom stereocenters. The van der Waals surface area contributed by atoms with E-state index in [1.807, 2.05) is 18.5 Å². The van der Waals surface area contributed by atoms with Crippen molar-refractivity contribution in [2.24, 2.45) is 0 Å². The molecule has 0 spiro atoms. The molecule has 1 fully saturated rings. The van der Waals surface area contributed by atoms with Crippen LogP contribution in [0.1, 0.15) is 48.4 Å². The van der Waals surface area contributed by atoms with Gasteiger partial charge in [0.2, 0.25) is 0 Å². The number of amides is 1. The molecule has 2 N–H and O–H groups in total. The zero-order valence-corrected chi connectivity index (χ0v) is 16.3. The fourth-order valence-corrected chi connectivity index (χ4v) is 3.06. The third-order valence-corrected chi connectivity index (χ3v) is 4.45. The summed E-state index contributed by atoms with van der Waals surface area (Å²) >= 11 is 0. The maximum Gasteiger partial charge on any atom is 0.278 e. The van der Waals surface area contributed by atoms with Crippen LogP contribution in [0.2, 0.25) is 0 Å². The highest BCUT2D eigenvalue weighted by molar-refractivity contribution is 6.04. The Morgan fingerprint density at radius 1 is 1.41 bits per heavy atom. The van der Waals surface area contributed by atoms with Gasteiger partial charge < -0.3 is 15.4 Å². The van der Waals surface area contributed by atoms with Crippen LogP contribution in [-0.4, -0.2) is 40.6 Å². The van der Waals surface area contributed by atoms with Crippen LogP contribution in [0.4, 0.5) is 10.1 Å². The van der Waals surface area contributed by atoms with Gasteiger partial charge in [-0.05, 0) is 51.4 Å². The molecule has 0 atom stereocenters. The Bertz CT molecular complexity index is 777. The van der Waals surface area contributed by atoms with Crippen molar-refractivity contribution < 1.29 is 13.9 Å².